The van der Waals surface area contributed by atoms with Crippen LogP contribution in [0.5, 0.6) is 0 Å². The van der Waals surface area contributed by atoms with Crippen LogP contribution in [0.4, 0.5) is 0 Å². The third kappa shape index (κ3) is 1.99. The van der Waals surface area contributed by atoms with Gasteiger partial charge in [0.2, 0.25) is 0 Å². The van der Waals surface area contributed by atoms with Crippen LogP contribution in [0, 0.1) is 0 Å². The highest BCUT2D eigenvalue weighted by molar-refractivity contribution is 9.10. The van der Waals surface area contributed by atoms with Gasteiger partial charge in [0.1, 0.15) is 5.69 Å². The van der Waals surface area contributed by atoms with Crippen LogP contribution in [0.25, 0.3) is 11.3 Å². The Morgan fingerprint density at radius 3 is 2.78 bits per heavy atom. The van der Waals surface area contributed by atoms with Crippen molar-refractivity contribution in [3.8, 4) is 11.3 Å². The van der Waals surface area contributed by atoms with E-state index >= 15 is 0 Å². The largest absolute Gasteiger partial charge is 0.309 e. The Kier molecular flexibility index (Phi) is 3.22. The molecule has 0 radical (unpaired) electrons. The summed E-state index contributed by atoms with van der Waals surface area (Å²) in [6, 6.07) is 10.7. The number of rotatable bonds is 2. The van der Waals surface area contributed by atoms with Gasteiger partial charge in [-0.25, -0.2) is 0 Å². The maximum atomic E-state index is 4.65. The summed E-state index contributed by atoms with van der Waals surface area (Å²) in [6.07, 6.45) is 2.43. The van der Waals surface area contributed by atoms with Gasteiger partial charge in [-0.05, 0) is 35.3 Å². The number of hydrogen-bond donors (Lipinski definition) is 1. The van der Waals surface area contributed by atoms with Crippen molar-refractivity contribution in [3.05, 3.63) is 40.5 Å². The van der Waals surface area contributed by atoms with Gasteiger partial charge in [0, 0.05) is 12.6 Å². The first-order chi connectivity index (χ1) is 8.77. The summed E-state index contributed by atoms with van der Waals surface area (Å²) in [5.74, 6) is 0. The van der Waals surface area contributed by atoms with Crippen molar-refractivity contribution < 1.29 is 0 Å². The lowest BCUT2D eigenvalue weighted by Gasteiger charge is -2.11. The highest BCUT2D eigenvalue weighted by atomic mass is 79.9. The zero-order chi connectivity index (χ0) is 12.5. The van der Waals surface area contributed by atoms with E-state index in [-0.39, 0.29) is 0 Å². The molecule has 3 nitrogen and oxygen atoms in total. The number of halogens is 1. The van der Waals surface area contributed by atoms with Crippen molar-refractivity contribution in [2.45, 2.75) is 18.9 Å². The van der Waals surface area contributed by atoms with Crippen LogP contribution in [-0.4, -0.2) is 16.3 Å². The van der Waals surface area contributed by atoms with E-state index in [2.05, 4.69) is 38.5 Å². The van der Waals surface area contributed by atoms with Gasteiger partial charge in [0.05, 0.1) is 16.2 Å². The average molecular weight is 306 g/mol. The molecule has 1 aliphatic rings. The summed E-state index contributed by atoms with van der Waals surface area (Å²) in [7, 11) is 2.02. The van der Waals surface area contributed by atoms with E-state index in [9.17, 15) is 0 Å². The van der Waals surface area contributed by atoms with Crippen molar-refractivity contribution in [2.75, 3.05) is 6.54 Å². The molecule has 3 rings (SSSR count). The van der Waals surface area contributed by atoms with Crippen LogP contribution in [0.1, 0.15) is 24.6 Å². The molecule has 0 bridgehead atoms. The first-order valence-corrected chi connectivity index (χ1v) is 7.08. The third-order valence-electron chi connectivity index (χ3n) is 3.47. The molecule has 1 aromatic carbocycles. The van der Waals surface area contributed by atoms with Gasteiger partial charge in [-0.1, -0.05) is 30.3 Å². The van der Waals surface area contributed by atoms with Crippen molar-refractivity contribution >= 4 is 15.9 Å². The molecule has 1 atom stereocenters. The van der Waals surface area contributed by atoms with Crippen molar-refractivity contribution in [3.63, 3.8) is 0 Å². The molecule has 0 saturated carbocycles. The summed E-state index contributed by atoms with van der Waals surface area (Å²) < 4.78 is 3.12. The number of nitrogens with one attached hydrogen (secondary N) is 1. The van der Waals surface area contributed by atoms with Gasteiger partial charge in [-0.2, -0.15) is 5.10 Å². The summed E-state index contributed by atoms with van der Waals surface area (Å²) in [4.78, 5) is 0. The fourth-order valence-electron chi connectivity index (χ4n) is 2.59. The Morgan fingerprint density at radius 2 is 2.11 bits per heavy atom. The summed E-state index contributed by atoms with van der Waals surface area (Å²) in [6.45, 7) is 1.10. The normalized spacial score (nSPS) is 19.3. The number of aryl methyl sites for hydroxylation is 1. The number of nitrogens with zero attached hydrogens (tertiary/aromatic N) is 2. The monoisotopic (exact) mass is 305 g/mol. The Bertz CT molecular complexity index is 542. The molecular formula is C14H16BrN3. The third-order valence-corrected chi connectivity index (χ3v) is 4.25. The van der Waals surface area contributed by atoms with E-state index in [1.165, 1.54) is 18.5 Å². The maximum absolute atomic E-state index is 4.65. The van der Waals surface area contributed by atoms with Gasteiger partial charge in [-0.3, -0.25) is 4.68 Å². The first-order valence-electron chi connectivity index (χ1n) is 6.28. The topological polar surface area (TPSA) is 29.9 Å². The van der Waals surface area contributed by atoms with Gasteiger partial charge in [-0.15, -0.1) is 0 Å². The van der Waals surface area contributed by atoms with Crippen molar-refractivity contribution in [1.82, 2.24) is 15.1 Å². The van der Waals surface area contributed by atoms with E-state index in [1.807, 2.05) is 29.9 Å². The van der Waals surface area contributed by atoms with E-state index in [1.54, 1.807) is 0 Å². The zero-order valence-electron chi connectivity index (χ0n) is 10.4. The smallest absolute Gasteiger partial charge is 0.107 e. The fourth-order valence-corrected chi connectivity index (χ4v) is 3.43. The molecule has 1 aromatic heterocycles. The molecule has 1 fully saturated rings. The molecular weight excluding hydrogens is 290 g/mol. The van der Waals surface area contributed by atoms with Crippen molar-refractivity contribution in [1.29, 1.82) is 0 Å². The Hall–Kier alpha value is -1.13. The lowest BCUT2D eigenvalue weighted by Crippen LogP contribution is -2.16. The van der Waals surface area contributed by atoms with E-state index in [0.717, 1.165) is 22.3 Å². The second kappa shape index (κ2) is 4.86. The molecule has 0 aliphatic carbocycles. The lowest BCUT2D eigenvalue weighted by molar-refractivity contribution is 0.572. The van der Waals surface area contributed by atoms with Crippen LogP contribution < -0.4 is 5.32 Å². The number of benzene rings is 1. The quantitative estimate of drug-likeness (QED) is 0.923. The summed E-state index contributed by atoms with van der Waals surface area (Å²) in [5.41, 5.74) is 3.44. The van der Waals surface area contributed by atoms with E-state index in [0.29, 0.717) is 6.04 Å². The average Bonchev–Trinajstić information content (AvgIpc) is 2.99. The molecule has 1 saturated heterocycles. The Balaban J connectivity index is 2.05. The molecule has 2 heterocycles. The maximum Gasteiger partial charge on any atom is 0.107 e. The molecule has 0 amide bonds. The minimum Gasteiger partial charge on any atom is -0.309 e. The lowest BCUT2D eigenvalue weighted by atomic mass is 10.1. The molecule has 18 heavy (non-hydrogen) atoms. The van der Waals surface area contributed by atoms with Gasteiger partial charge < -0.3 is 5.32 Å². The van der Waals surface area contributed by atoms with Crippen LogP contribution in [0.2, 0.25) is 0 Å². The first kappa shape index (κ1) is 11.9. The highest BCUT2D eigenvalue weighted by Gasteiger charge is 2.25. The Morgan fingerprint density at radius 1 is 1.33 bits per heavy atom. The minimum atomic E-state index is 0.425. The van der Waals surface area contributed by atoms with Gasteiger partial charge >= 0.3 is 0 Å². The number of hydrogen-bond acceptors (Lipinski definition) is 2. The Labute approximate surface area is 115 Å². The molecule has 94 valence electrons. The van der Waals surface area contributed by atoms with Crippen molar-refractivity contribution in [2.24, 2.45) is 7.05 Å². The molecule has 1 aliphatic heterocycles. The van der Waals surface area contributed by atoms with Crippen LogP contribution in [0.15, 0.2) is 34.8 Å². The molecule has 4 heteroatoms. The van der Waals surface area contributed by atoms with Gasteiger partial charge in [0.15, 0.2) is 0 Å². The van der Waals surface area contributed by atoms with Crippen LogP contribution in [0.3, 0.4) is 0 Å². The molecule has 1 unspecified atom stereocenters. The zero-order valence-corrected chi connectivity index (χ0v) is 11.9. The van der Waals surface area contributed by atoms with E-state index < -0.39 is 0 Å². The highest BCUT2D eigenvalue weighted by Crippen LogP contribution is 2.35. The predicted octanol–water partition coefficient (Wildman–Crippen LogP) is 3.27. The minimum absolute atomic E-state index is 0.425. The standard InChI is InChI=1S/C14H16BrN3/c1-18-14(11-8-5-9-16-11)12(15)13(17-18)10-6-3-2-4-7-10/h2-4,6-7,11,16H,5,8-9H2,1H3. The molecule has 1 N–H and O–H groups in total. The number of aromatic nitrogens is 2. The van der Waals surface area contributed by atoms with Crippen LogP contribution >= 0.6 is 15.9 Å². The SMILES string of the molecule is Cn1nc(-c2ccccc2)c(Br)c1C1CCCN1. The van der Waals surface area contributed by atoms with Gasteiger partial charge in [0.25, 0.3) is 0 Å². The molecule has 2 aromatic rings. The second-order valence-corrected chi connectivity index (χ2v) is 5.48. The second-order valence-electron chi connectivity index (χ2n) is 4.69. The van der Waals surface area contributed by atoms with E-state index in [4.69, 9.17) is 0 Å². The van der Waals surface area contributed by atoms with Crippen LogP contribution in [-0.2, 0) is 7.05 Å². The summed E-state index contributed by atoms with van der Waals surface area (Å²) >= 11 is 3.73. The summed E-state index contributed by atoms with van der Waals surface area (Å²) in [5, 5.41) is 8.18. The predicted molar refractivity (Wildman–Crippen MR) is 76.3 cm³/mol. The molecule has 0 spiro atoms. The fraction of sp³-hybridized carbons (Fsp3) is 0.357.